The maximum absolute atomic E-state index is 5.18. The first-order valence-corrected chi connectivity index (χ1v) is 11.1. The lowest BCUT2D eigenvalue weighted by Crippen LogP contribution is -2.27. The van der Waals surface area contributed by atoms with Gasteiger partial charge >= 0.3 is 0 Å². The van der Waals surface area contributed by atoms with E-state index in [1.807, 2.05) is 0 Å². The third-order valence-electron chi connectivity index (χ3n) is 7.78. The zero-order valence-corrected chi connectivity index (χ0v) is 19.7. The molecule has 2 aliphatic heterocycles. The number of hydrogen-bond acceptors (Lipinski definition) is 2. The van der Waals surface area contributed by atoms with Crippen molar-refractivity contribution in [2.75, 3.05) is 0 Å². The summed E-state index contributed by atoms with van der Waals surface area (Å²) in [6, 6.07) is 4.59. The van der Waals surface area contributed by atoms with E-state index in [-0.39, 0.29) is 5.41 Å². The first kappa shape index (κ1) is 20.7. The maximum Gasteiger partial charge on any atom is 0.0924 e. The van der Waals surface area contributed by atoms with Gasteiger partial charge in [0.25, 0.3) is 0 Å². The lowest BCUT2D eigenvalue weighted by Gasteiger charge is -2.38. The molecule has 2 aromatic rings. The molecule has 3 heterocycles. The van der Waals surface area contributed by atoms with Crippen LogP contribution in [0.15, 0.2) is 53.8 Å². The van der Waals surface area contributed by atoms with Crippen LogP contribution in [0.2, 0.25) is 0 Å². The number of benzene rings is 1. The van der Waals surface area contributed by atoms with Crippen molar-refractivity contribution >= 4 is 16.6 Å². The molecule has 0 saturated carbocycles. The van der Waals surface area contributed by atoms with Crippen molar-refractivity contribution in [2.24, 2.45) is 5.41 Å². The van der Waals surface area contributed by atoms with Crippen LogP contribution < -0.4 is 0 Å². The molecule has 1 atom stereocenters. The highest BCUT2D eigenvalue weighted by Gasteiger charge is 2.38. The van der Waals surface area contributed by atoms with Gasteiger partial charge in [0.2, 0.25) is 0 Å². The van der Waals surface area contributed by atoms with E-state index in [9.17, 15) is 0 Å². The van der Waals surface area contributed by atoms with Gasteiger partial charge in [-0.05, 0) is 86.6 Å². The predicted molar refractivity (Wildman–Crippen MR) is 129 cm³/mol. The smallest absolute Gasteiger partial charge is 0.0924 e. The summed E-state index contributed by atoms with van der Waals surface area (Å²) in [5.74, 6) is 0. The van der Waals surface area contributed by atoms with Crippen LogP contribution in [0.3, 0.4) is 0 Å². The summed E-state index contributed by atoms with van der Waals surface area (Å²) in [5, 5.41) is 1.27. The molecule has 0 amide bonds. The second-order valence-electron chi connectivity index (χ2n) is 9.28. The first-order chi connectivity index (χ1) is 14.1. The zero-order chi connectivity index (χ0) is 22.0. The Labute approximate surface area is 181 Å². The molecule has 0 radical (unpaired) electrons. The quantitative estimate of drug-likeness (QED) is 0.494. The van der Waals surface area contributed by atoms with Crippen LogP contribution in [0, 0.1) is 26.2 Å². The molecule has 0 aliphatic carbocycles. The Morgan fingerprint density at radius 3 is 2.47 bits per heavy atom. The summed E-state index contributed by atoms with van der Waals surface area (Å²) in [6.07, 6.45) is 4.37. The molecule has 2 nitrogen and oxygen atoms in total. The Hall–Kier alpha value is -2.61. The number of hydrogen-bond donors (Lipinski definition) is 0. The van der Waals surface area contributed by atoms with Crippen molar-refractivity contribution in [1.82, 2.24) is 9.88 Å². The van der Waals surface area contributed by atoms with Gasteiger partial charge in [-0.2, -0.15) is 0 Å². The molecule has 1 aromatic heterocycles. The summed E-state index contributed by atoms with van der Waals surface area (Å²) in [5.41, 5.74) is 13.7. The number of allylic oxidation sites excluding steroid dienone is 4. The van der Waals surface area contributed by atoms with Crippen LogP contribution in [0.4, 0.5) is 0 Å². The van der Waals surface area contributed by atoms with E-state index < -0.39 is 0 Å². The zero-order valence-electron chi connectivity index (χ0n) is 19.7. The number of fused-ring (bicyclic) bond motifs is 4. The van der Waals surface area contributed by atoms with Gasteiger partial charge in [0.1, 0.15) is 0 Å². The Morgan fingerprint density at radius 2 is 1.87 bits per heavy atom. The number of aryl methyl sites for hydroxylation is 2. The fourth-order valence-corrected chi connectivity index (χ4v) is 5.05. The second kappa shape index (κ2) is 6.97. The van der Waals surface area contributed by atoms with E-state index in [2.05, 4.69) is 84.7 Å². The summed E-state index contributed by atoms with van der Waals surface area (Å²) in [4.78, 5) is 7.54. The monoisotopic (exact) mass is 398 g/mol. The summed E-state index contributed by atoms with van der Waals surface area (Å²) < 4.78 is 0. The average Bonchev–Trinajstić information content (AvgIpc) is 3.08. The van der Waals surface area contributed by atoms with E-state index >= 15 is 0 Å². The summed E-state index contributed by atoms with van der Waals surface area (Å²) in [6.45, 7) is 25.3. The molecule has 2 heteroatoms. The second-order valence-corrected chi connectivity index (χ2v) is 9.28. The fourth-order valence-electron chi connectivity index (χ4n) is 5.05. The molecule has 4 rings (SSSR count). The van der Waals surface area contributed by atoms with Crippen molar-refractivity contribution in [2.45, 2.75) is 67.9 Å². The first-order valence-electron chi connectivity index (χ1n) is 11.1. The van der Waals surface area contributed by atoms with Crippen molar-refractivity contribution < 1.29 is 0 Å². The Balaban J connectivity index is 1.97. The number of rotatable bonds is 4. The summed E-state index contributed by atoms with van der Waals surface area (Å²) in [7, 11) is 0. The van der Waals surface area contributed by atoms with E-state index in [1.54, 1.807) is 0 Å². The van der Waals surface area contributed by atoms with Gasteiger partial charge in [0.15, 0.2) is 0 Å². The molecule has 2 aliphatic rings. The molecular weight excluding hydrogens is 364 g/mol. The van der Waals surface area contributed by atoms with Crippen LogP contribution in [0.1, 0.15) is 68.5 Å². The molecule has 0 bridgehead atoms. The Kier molecular flexibility index (Phi) is 4.80. The van der Waals surface area contributed by atoms with E-state index in [1.165, 1.54) is 50.1 Å². The van der Waals surface area contributed by atoms with Crippen LogP contribution in [-0.2, 0) is 6.54 Å². The van der Waals surface area contributed by atoms with E-state index in [0.717, 1.165) is 36.3 Å². The highest BCUT2D eigenvalue weighted by atomic mass is 15.2. The molecule has 0 spiro atoms. The van der Waals surface area contributed by atoms with Gasteiger partial charge in [-0.15, -0.1) is 0 Å². The molecule has 156 valence electrons. The van der Waals surface area contributed by atoms with Crippen LogP contribution >= 0.6 is 0 Å². The molecule has 0 saturated heterocycles. The third kappa shape index (κ3) is 2.73. The Morgan fingerprint density at radius 1 is 1.17 bits per heavy atom. The standard InChI is InChI=1S/C28H34N2/c1-10-22-20(8)30-15-21-13-23-19(7)18(6)17(5)12-25(23)29-27(21)26(30)14-24(22)28(9,11-2)16(3)4/h12-14H,3,8,10-11,15H2,1-2,4-7,9H3/t28-/m0/s1. The predicted octanol–water partition coefficient (Wildman–Crippen LogP) is 7.54. The normalized spacial score (nSPS) is 17.8. The highest BCUT2D eigenvalue weighted by Crippen LogP contribution is 2.49. The van der Waals surface area contributed by atoms with Crippen molar-refractivity contribution in [3.05, 3.63) is 81.7 Å². The van der Waals surface area contributed by atoms with Gasteiger partial charge in [0.05, 0.1) is 23.5 Å². The van der Waals surface area contributed by atoms with Crippen molar-refractivity contribution in [3.63, 3.8) is 0 Å². The van der Waals surface area contributed by atoms with Gasteiger partial charge in [-0.3, -0.25) is 0 Å². The third-order valence-corrected chi connectivity index (χ3v) is 7.78. The minimum Gasteiger partial charge on any atom is -0.335 e. The largest absolute Gasteiger partial charge is 0.335 e. The van der Waals surface area contributed by atoms with Crippen molar-refractivity contribution in [1.29, 1.82) is 0 Å². The molecular formula is C28H34N2. The van der Waals surface area contributed by atoms with Gasteiger partial charge in [0, 0.05) is 22.1 Å². The van der Waals surface area contributed by atoms with Crippen LogP contribution in [-0.4, -0.2) is 9.88 Å². The van der Waals surface area contributed by atoms with Crippen LogP contribution in [0.5, 0.6) is 0 Å². The van der Waals surface area contributed by atoms with E-state index in [4.69, 9.17) is 4.98 Å². The number of nitrogens with zero attached hydrogens (tertiary/aromatic N) is 2. The molecule has 1 aromatic carbocycles. The number of pyridine rings is 1. The minimum absolute atomic E-state index is 0.0583. The van der Waals surface area contributed by atoms with Gasteiger partial charge < -0.3 is 4.90 Å². The molecule has 0 fully saturated rings. The molecule has 30 heavy (non-hydrogen) atoms. The summed E-state index contributed by atoms with van der Waals surface area (Å²) >= 11 is 0. The minimum atomic E-state index is -0.0583. The Bertz CT molecular complexity index is 1180. The lowest BCUT2D eigenvalue weighted by molar-refractivity contribution is 0.447. The topological polar surface area (TPSA) is 16.1 Å². The lowest BCUT2D eigenvalue weighted by atomic mass is 9.70. The SMILES string of the molecule is C=C1C(CC)=C([C@@](C)(CC)C(=C)C)C=C2c3nc4cc(C)c(C)c(C)c4cc3CN12. The van der Waals surface area contributed by atoms with Crippen molar-refractivity contribution in [3.8, 4) is 0 Å². The maximum atomic E-state index is 5.18. The highest BCUT2D eigenvalue weighted by molar-refractivity contribution is 5.89. The number of aromatic nitrogens is 1. The van der Waals surface area contributed by atoms with E-state index in [0.29, 0.717) is 0 Å². The molecule has 0 N–H and O–H groups in total. The van der Waals surface area contributed by atoms with Gasteiger partial charge in [-0.25, -0.2) is 4.98 Å². The fraction of sp³-hybridized carbons (Fsp3) is 0.393. The molecule has 0 unspecified atom stereocenters. The average molecular weight is 399 g/mol. The van der Waals surface area contributed by atoms with Gasteiger partial charge in [-0.1, -0.05) is 39.5 Å². The van der Waals surface area contributed by atoms with Crippen LogP contribution in [0.25, 0.3) is 16.6 Å².